The summed E-state index contributed by atoms with van der Waals surface area (Å²) in [5.74, 6) is 0.831. The molecule has 2 rings (SSSR count). The van der Waals surface area contributed by atoms with Crippen LogP contribution < -0.4 is 10.5 Å². The summed E-state index contributed by atoms with van der Waals surface area (Å²) >= 11 is 0. The zero-order valence-electron chi connectivity index (χ0n) is 10.4. The molecule has 17 heavy (non-hydrogen) atoms. The van der Waals surface area contributed by atoms with Gasteiger partial charge in [-0.2, -0.15) is 0 Å². The van der Waals surface area contributed by atoms with Crippen LogP contribution in [0.2, 0.25) is 0 Å². The van der Waals surface area contributed by atoms with E-state index in [1.807, 2.05) is 32.0 Å². The lowest BCUT2D eigenvalue weighted by molar-refractivity contribution is 0.183. The molecule has 1 aromatic rings. The van der Waals surface area contributed by atoms with Gasteiger partial charge in [0.25, 0.3) is 0 Å². The first-order valence-electron chi connectivity index (χ1n) is 6.24. The lowest BCUT2D eigenvalue weighted by Gasteiger charge is -2.24. The van der Waals surface area contributed by atoms with Crippen LogP contribution in [-0.2, 0) is 6.42 Å². The molecule has 0 spiro atoms. The lowest BCUT2D eigenvalue weighted by atomic mass is 9.86. The highest BCUT2D eigenvalue weighted by molar-refractivity contribution is 5.45. The Labute approximate surface area is 102 Å². The fourth-order valence-corrected chi connectivity index (χ4v) is 2.42. The predicted molar refractivity (Wildman–Crippen MR) is 66.9 cm³/mol. The molecule has 1 aliphatic heterocycles. The van der Waals surface area contributed by atoms with E-state index in [0.29, 0.717) is 18.7 Å². The van der Waals surface area contributed by atoms with E-state index in [-0.39, 0.29) is 11.8 Å². The SMILES string of the molecule is CC(C)C(CN)C(F)c1cccc2c1OCC2. The molecule has 94 valence electrons. The second-order valence-electron chi connectivity index (χ2n) is 4.98. The van der Waals surface area contributed by atoms with Crippen molar-refractivity contribution < 1.29 is 9.13 Å². The van der Waals surface area contributed by atoms with Gasteiger partial charge >= 0.3 is 0 Å². The van der Waals surface area contributed by atoms with Crippen LogP contribution in [0.5, 0.6) is 5.75 Å². The van der Waals surface area contributed by atoms with Gasteiger partial charge in [0.15, 0.2) is 0 Å². The van der Waals surface area contributed by atoms with E-state index in [1.165, 1.54) is 0 Å². The van der Waals surface area contributed by atoms with Crippen LogP contribution in [0.3, 0.4) is 0 Å². The molecule has 3 heteroatoms. The smallest absolute Gasteiger partial charge is 0.133 e. The van der Waals surface area contributed by atoms with Crippen LogP contribution in [0.15, 0.2) is 18.2 Å². The van der Waals surface area contributed by atoms with Crippen LogP contribution in [0, 0.1) is 11.8 Å². The summed E-state index contributed by atoms with van der Waals surface area (Å²) in [4.78, 5) is 0. The van der Waals surface area contributed by atoms with Crippen LogP contribution in [0.4, 0.5) is 4.39 Å². The van der Waals surface area contributed by atoms with Gasteiger partial charge in [-0.05, 0) is 18.0 Å². The number of para-hydroxylation sites is 1. The summed E-state index contributed by atoms with van der Waals surface area (Å²) in [5.41, 5.74) is 7.46. The summed E-state index contributed by atoms with van der Waals surface area (Å²) in [5, 5.41) is 0. The minimum absolute atomic E-state index is 0.148. The summed E-state index contributed by atoms with van der Waals surface area (Å²) < 4.78 is 20.1. The van der Waals surface area contributed by atoms with Gasteiger partial charge in [0.1, 0.15) is 11.9 Å². The minimum atomic E-state index is -1.03. The van der Waals surface area contributed by atoms with Gasteiger partial charge in [0.2, 0.25) is 0 Å². The Morgan fingerprint density at radius 1 is 1.41 bits per heavy atom. The topological polar surface area (TPSA) is 35.2 Å². The van der Waals surface area contributed by atoms with E-state index >= 15 is 0 Å². The van der Waals surface area contributed by atoms with Crippen LogP contribution in [0.25, 0.3) is 0 Å². The van der Waals surface area contributed by atoms with Crippen molar-refractivity contribution in [2.24, 2.45) is 17.6 Å². The van der Waals surface area contributed by atoms with Crippen LogP contribution in [-0.4, -0.2) is 13.2 Å². The Kier molecular flexibility index (Phi) is 3.67. The summed E-state index contributed by atoms with van der Waals surface area (Å²) in [6.07, 6.45) is -0.154. The highest BCUT2D eigenvalue weighted by atomic mass is 19.1. The van der Waals surface area contributed by atoms with Gasteiger partial charge in [-0.15, -0.1) is 0 Å². The number of halogens is 1. The molecular weight excluding hydrogens is 217 g/mol. The zero-order chi connectivity index (χ0) is 12.4. The Balaban J connectivity index is 2.31. The predicted octanol–water partition coefficient (Wildman–Crippen LogP) is 2.86. The molecule has 2 nitrogen and oxygen atoms in total. The van der Waals surface area contributed by atoms with E-state index < -0.39 is 6.17 Å². The number of fused-ring (bicyclic) bond motifs is 1. The molecule has 0 aliphatic carbocycles. The molecule has 1 aliphatic rings. The second-order valence-corrected chi connectivity index (χ2v) is 4.98. The maximum atomic E-state index is 14.5. The molecule has 2 N–H and O–H groups in total. The molecule has 0 saturated carbocycles. The second kappa shape index (κ2) is 5.05. The first kappa shape index (κ1) is 12.4. The Bertz CT molecular complexity index is 392. The molecule has 2 atom stereocenters. The van der Waals surface area contributed by atoms with Crippen LogP contribution in [0.1, 0.15) is 31.1 Å². The molecular formula is C14H20FNO. The molecule has 0 fully saturated rings. The Morgan fingerprint density at radius 2 is 2.18 bits per heavy atom. The molecule has 0 aromatic heterocycles. The highest BCUT2D eigenvalue weighted by Gasteiger charge is 2.29. The van der Waals surface area contributed by atoms with Crippen molar-refractivity contribution in [3.63, 3.8) is 0 Å². The summed E-state index contributed by atoms with van der Waals surface area (Å²) in [6.45, 7) is 5.04. The van der Waals surface area contributed by atoms with Crippen molar-refractivity contribution >= 4 is 0 Å². The van der Waals surface area contributed by atoms with E-state index in [9.17, 15) is 4.39 Å². The third-order valence-electron chi connectivity index (χ3n) is 3.55. The van der Waals surface area contributed by atoms with Gasteiger partial charge in [0, 0.05) is 17.9 Å². The highest BCUT2D eigenvalue weighted by Crippen LogP contribution is 2.40. The number of hydrogen-bond donors (Lipinski definition) is 1. The number of ether oxygens (including phenoxy) is 1. The average Bonchev–Trinajstić information content (AvgIpc) is 2.76. The van der Waals surface area contributed by atoms with Crippen molar-refractivity contribution in [2.45, 2.75) is 26.4 Å². The standard InChI is InChI=1S/C14H20FNO/c1-9(2)12(8-16)13(15)11-5-3-4-10-6-7-17-14(10)11/h3-5,9,12-13H,6-8,16H2,1-2H3. The monoisotopic (exact) mass is 237 g/mol. The number of nitrogens with two attached hydrogens (primary N) is 1. The maximum Gasteiger partial charge on any atom is 0.133 e. The van der Waals surface area contributed by atoms with E-state index in [2.05, 4.69) is 0 Å². The molecule has 0 amide bonds. The summed E-state index contributed by atoms with van der Waals surface area (Å²) in [7, 11) is 0. The zero-order valence-corrected chi connectivity index (χ0v) is 10.4. The fourth-order valence-electron chi connectivity index (χ4n) is 2.42. The van der Waals surface area contributed by atoms with Gasteiger partial charge in [-0.25, -0.2) is 4.39 Å². The maximum absolute atomic E-state index is 14.5. The first-order chi connectivity index (χ1) is 8.15. The molecule has 1 heterocycles. The third-order valence-corrected chi connectivity index (χ3v) is 3.55. The summed E-state index contributed by atoms with van der Waals surface area (Å²) in [6, 6.07) is 5.73. The van der Waals surface area contributed by atoms with Crippen molar-refractivity contribution in [3.8, 4) is 5.75 Å². The van der Waals surface area contributed by atoms with Crippen molar-refractivity contribution in [1.29, 1.82) is 0 Å². The fraction of sp³-hybridized carbons (Fsp3) is 0.571. The molecule has 2 unspecified atom stereocenters. The van der Waals surface area contributed by atoms with Gasteiger partial charge in [-0.1, -0.05) is 32.0 Å². The Morgan fingerprint density at radius 3 is 2.82 bits per heavy atom. The van der Waals surface area contributed by atoms with Crippen LogP contribution >= 0.6 is 0 Å². The van der Waals surface area contributed by atoms with Crippen molar-refractivity contribution in [1.82, 2.24) is 0 Å². The molecule has 0 bridgehead atoms. The van der Waals surface area contributed by atoms with E-state index in [1.54, 1.807) is 0 Å². The quantitative estimate of drug-likeness (QED) is 0.874. The largest absolute Gasteiger partial charge is 0.493 e. The minimum Gasteiger partial charge on any atom is -0.493 e. The lowest BCUT2D eigenvalue weighted by Crippen LogP contribution is -2.24. The van der Waals surface area contributed by atoms with E-state index in [4.69, 9.17) is 10.5 Å². The van der Waals surface area contributed by atoms with Crippen molar-refractivity contribution in [2.75, 3.05) is 13.2 Å². The first-order valence-corrected chi connectivity index (χ1v) is 6.24. The molecule has 0 radical (unpaired) electrons. The van der Waals surface area contributed by atoms with Gasteiger partial charge < -0.3 is 10.5 Å². The third kappa shape index (κ3) is 2.29. The van der Waals surface area contributed by atoms with Gasteiger partial charge in [0.05, 0.1) is 6.61 Å². The normalized spacial score (nSPS) is 17.7. The number of benzene rings is 1. The van der Waals surface area contributed by atoms with E-state index in [0.717, 1.165) is 17.7 Å². The average molecular weight is 237 g/mol. The molecule has 0 saturated heterocycles. The molecule has 1 aromatic carbocycles. The Hall–Kier alpha value is -1.09. The number of alkyl halides is 1. The number of hydrogen-bond acceptors (Lipinski definition) is 2. The van der Waals surface area contributed by atoms with Gasteiger partial charge in [-0.3, -0.25) is 0 Å². The van der Waals surface area contributed by atoms with Crippen molar-refractivity contribution in [3.05, 3.63) is 29.3 Å². The number of rotatable bonds is 4.